The molecule has 4 fully saturated rings. The van der Waals surface area contributed by atoms with Crippen molar-refractivity contribution in [2.24, 2.45) is 34.0 Å². The first kappa shape index (κ1) is 17.0. The number of hydrogen-bond donors (Lipinski definition) is 3. The molecular formula is C20H32O4. The molecule has 0 aromatic heterocycles. The van der Waals surface area contributed by atoms with Gasteiger partial charge in [-0.3, -0.25) is 4.79 Å². The zero-order chi connectivity index (χ0) is 17.7. The Bertz CT molecular complexity index is 582. The molecule has 4 aliphatic carbocycles. The Hall–Kier alpha value is -0.450. The molecule has 0 heterocycles. The van der Waals surface area contributed by atoms with Gasteiger partial charge in [0.05, 0.1) is 12.2 Å². The lowest BCUT2D eigenvalue weighted by atomic mass is 9.40. The second-order valence-electron chi connectivity index (χ2n) is 10.3. The third-order valence-electron chi connectivity index (χ3n) is 8.92. The van der Waals surface area contributed by atoms with Gasteiger partial charge in [0.1, 0.15) is 5.60 Å². The van der Waals surface area contributed by atoms with Crippen LogP contribution in [0.25, 0.3) is 0 Å². The van der Waals surface area contributed by atoms with E-state index in [2.05, 4.69) is 20.8 Å². The van der Waals surface area contributed by atoms with Gasteiger partial charge in [-0.1, -0.05) is 20.8 Å². The normalized spacial score (nSPS) is 59.0. The maximum Gasteiger partial charge on any atom is 0.170 e. The summed E-state index contributed by atoms with van der Waals surface area (Å²) in [4.78, 5) is 13.2. The van der Waals surface area contributed by atoms with Crippen LogP contribution in [0.4, 0.5) is 0 Å². The number of carbonyl (C=O) groups excluding carboxylic acids is 1. The van der Waals surface area contributed by atoms with E-state index in [0.717, 1.165) is 32.1 Å². The summed E-state index contributed by atoms with van der Waals surface area (Å²) in [6.45, 7) is 8.18. The van der Waals surface area contributed by atoms with Gasteiger partial charge in [-0.05, 0) is 68.1 Å². The van der Waals surface area contributed by atoms with E-state index in [0.29, 0.717) is 12.3 Å². The number of hydrogen-bond acceptors (Lipinski definition) is 4. The summed E-state index contributed by atoms with van der Waals surface area (Å²) < 4.78 is 0. The van der Waals surface area contributed by atoms with Crippen molar-refractivity contribution < 1.29 is 20.1 Å². The molecule has 0 aliphatic heterocycles. The minimum atomic E-state index is -1.29. The van der Waals surface area contributed by atoms with Crippen LogP contribution >= 0.6 is 0 Å². The Morgan fingerprint density at radius 2 is 1.71 bits per heavy atom. The lowest BCUT2D eigenvalue weighted by Gasteiger charge is -2.64. The fourth-order valence-electron chi connectivity index (χ4n) is 7.79. The van der Waals surface area contributed by atoms with Gasteiger partial charge < -0.3 is 15.3 Å². The Morgan fingerprint density at radius 1 is 1.04 bits per heavy atom. The van der Waals surface area contributed by atoms with Crippen molar-refractivity contribution in [1.29, 1.82) is 0 Å². The summed E-state index contributed by atoms with van der Waals surface area (Å²) in [5.74, 6) is 0.0749. The van der Waals surface area contributed by atoms with Crippen LogP contribution in [-0.2, 0) is 4.79 Å². The van der Waals surface area contributed by atoms with Gasteiger partial charge in [0.25, 0.3) is 0 Å². The molecule has 4 rings (SSSR count). The fraction of sp³-hybridized carbons (Fsp3) is 0.950. The molecule has 0 aromatic rings. The SMILES string of the molecule is CC1(C)[C@H](O)CC[C@]2(C)[C@@H]1CC[C@@]13C[C@@H](C[C@H](O)[C@H]12)[C@](C)(O)C3=O. The number of ketones is 1. The summed E-state index contributed by atoms with van der Waals surface area (Å²) in [5, 5.41) is 32.4. The standard InChI is InChI=1S/C20H32O4/c1-17(2)13-5-8-20-10-11(19(4,24)16(20)23)9-12(21)15(20)18(13,3)7-6-14(17)22/h11-15,21-22,24H,5-10H2,1-4H3/t11-,12+,13-,14-,15+,18-,19+,20-/m1/s1. The van der Waals surface area contributed by atoms with Crippen molar-refractivity contribution in [3.8, 4) is 0 Å². The highest BCUT2D eigenvalue weighted by molar-refractivity contribution is 5.95. The highest BCUT2D eigenvalue weighted by Crippen LogP contribution is 2.71. The van der Waals surface area contributed by atoms with E-state index in [1.165, 1.54) is 0 Å². The van der Waals surface area contributed by atoms with E-state index in [4.69, 9.17) is 0 Å². The van der Waals surface area contributed by atoms with Crippen molar-refractivity contribution in [2.75, 3.05) is 0 Å². The van der Waals surface area contributed by atoms with Crippen molar-refractivity contribution in [3.63, 3.8) is 0 Å². The predicted octanol–water partition coefficient (Wildman–Crippen LogP) is 2.29. The lowest BCUT2D eigenvalue weighted by molar-refractivity contribution is -0.207. The van der Waals surface area contributed by atoms with Gasteiger partial charge >= 0.3 is 0 Å². The second-order valence-corrected chi connectivity index (χ2v) is 10.3. The van der Waals surface area contributed by atoms with E-state index < -0.39 is 17.1 Å². The average molecular weight is 336 g/mol. The summed E-state index contributed by atoms with van der Waals surface area (Å²) in [6.07, 6.45) is 3.64. The Balaban J connectivity index is 1.83. The van der Waals surface area contributed by atoms with Gasteiger partial charge in [-0.15, -0.1) is 0 Å². The first-order valence-corrected chi connectivity index (χ1v) is 9.61. The predicted molar refractivity (Wildman–Crippen MR) is 90.1 cm³/mol. The van der Waals surface area contributed by atoms with E-state index >= 15 is 0 Å². The van der Waals surface area contributed by atoms with Crippen LogP contribution < -0.4 is 0 Å². The average Bonchev–Trinajstić information content (AvgIpc) is 2.62. The van der Waals surface area contributed by atoms with Crippen molar-refractivity contribution in [3.05, 3.63) is 0 Å². The Labute approximate surface area is 144 Å². The molecule has 0 amide bonds. The molecule has 0 radical (unpaired) electrons. The van der Waals surface area contributed by atoms with E-state index in [1.807, 2.05) is 0 Å². The first-order chi connectivity index (χ1) is 11.0. The highest BCUT2D eigenvalue weighted by Gasteiger charge is 2.73. The molecule has 1 spiro atoms. The van der Waals surface area contributed by atoms with Crippen LogP contribution in [0.3, 0.4) is 0 Å². The molecule has 0 aromatic carbocycles. The van der Waals surface area contributed by atoms with Crippen molar-refractivity contribution in [1.82, 2.24) is 0 Å². The third-order valence-corrected chi connectivity index (χ3v) is 8.92. The Kier molecular flexibility index (Phi) is 3.28. The van der Waals surface area contributed by atoms with Crippen LogP contribution in [0.5, 0.6) is 0 Å². The number of rotatable bonds is 0. The van der Waals surface area contributed by atoms with Gasteiger partial charge in [0.15, 0.2) is 5.78 Å². The summed E-state index contributed by atoms with van der Waals surface area (Å²) >= 11 is 0. The van der Waals surface area contributed by atoms with Crippen LogP contribution in [0, 0.1) is 34.0 Å². The minimum Gasteiger partial charge on any atom is -0.393 e. The molecule has 8 atom stereocenters. The molecular weight excluding hydrogens is 304 g/mol. The number of fused-ring (bicyclic) bond motifs is 3. The van der Waals surface area contributed by atoms with Crippen molar-refractivity contribution >= 4 is 5.78 Å². The topological polar surface area (TPSA) is 77.8 Å². The summed E-state index contributed by atoms with van der Waals surface area (Å²) in [6, 6.07) is 0. The minimum absolute atomic E-state index is 0.0230. The number of carbonyl (C=O) groups is 1. The molecule has 0 unspecified atom stereocenters. The van der Waals surface area contributed by atoms with Crippen LogP contribution in [0.2, 0.25) is 0 Å². The quantitative estimate of drug-likeness (QED) is 0.634. The summed E-state index contributed by atoms with van der Waals surface area (Å²) in [7, 11) is 0. The molecule has 0 saturated heterocycles. The molecule has 2 bridgehead atoms. The number of Topliss-reactive ketones (excluding diaryl/α,β-unsaturated/α-hetero) is 1. The smallest absolute Gasteiger partial charge is 0.170 e. The van der Waals surface area contributed by atoms with E-state index in [9.17, 15) is 20.1 Å². The molecule has 4 nitrogen and oxygen atoms in total. The molecule has 4 heteroatoms. The van der Waals surface area contributed by atoms with E-state index in [1.54, 1.807) is 6.92 Å². The zero-order valence-corrected chi connectivity index (χ0v) is 15.4. The maximum absolute atomic E-state index is 13.2. The van der Waals surface area contributed by atoms with Gasteiger partial charge in [-0.2, -0.15) is 0 Å². The highest BCUT2D eigenvalue weighted by atomic mass is 16.3. The molecule has 4 saturated carbocycles. The van der Waals surface area contributed by atoms with Gasteiger partial charge in [0, 0.05) is 11.3 Å². The molecule has 4 aliphatic rings. The van der Waals surface area contributed by atoms with Crippen LogP contribution in [-0.4, -0.2) is 38.9 Å². The third kappa shape index (κ3) is 1.73. The second kappa shape index (κ2) is 4.63. The monoisotopic (exact) mass is 336 g/mol. The van der Waals surface area contributed by atoms with Crippen LogP contribution in [0.1, 0.15) is 66.2 Å². The number of aliphatic hydroxyl groups is 3. The van der Waals surface area contributed by atoms with Gasteiger partial charge in [0.2, 0.25) is 0 Å². The number of aliphatic hydroxyl groups excluding tert-OH is 2. The van der Waals surface area contributed by atoms with E-state index in [-0.39, 0.29) is 34.6 Å². The molecule has 24 heavy (non-hydrogen) atoms. The van der Waals surface area contributed by atoms with Crippen LogP contribution in [0.15, 0.2) is 0 Å². The van der Waals surface area contributed by atoms with Gasteiger partial charge in [-0.25, -0.2) is 0 Å². The van der Waals surface area contributed by atoms with Crippen molar-refractivity contribution in [2.45, 2.75) is 84.0 Å². The molecule has 136 valence electrons. The first-order valence-electron chi connectivity index (χ1n) is 9.61. The summed E-state index contributed by atoms with van der Waals surface area (Å²) in [5.41, 5.74) is -2.20. The molecule has 3 N–H and O–H groups in total. The largest absolute Gasteiger partial charge is 0.393 e. The lowest BCUT2D eigenvalue weighted by Crippen LogP contribution is -2.63. The zero-order valence-electron chi connectivity index (χ0n) is 15.4. The maximum atomic E-state index is 13.2. The Morgan fingerprint density at radius 3 is 2.38 bits per heavy atom. The fourth-order valence-corrected chi connectivity index (χ4v) is 7.79.